The maximum Gasteiger partial charge on any atom is 0.317 e. The van der Waals surface area contributed by atoms with E-state index in [0.717, 1.165) is 17.7 Å². The molecule has 0 spiro atoms. The van der Waals surface area contributed by atoms with Gasteiger partial charge in [0, 0.05) is 32.7 Å². The molecule has 8 heteroatoms. The zero-order valence-corrected chi connectivity index (χ0v) is 14.4. The molecule has 0 unspecified atom stereocenters. The molecule has 1 aliphatic heterocycles. The first-order valence-electron chi connectivity index (χ1n) is 8.47. The summed E-state index contributed by atoms with van der Waals surface area (Å²) in [6.07, 6.45) is 0. The standard InChI is InChI=1S/C19H18F3N3O2/c20-15-7-6-14(16(21)17(15)22)18(26)24-8-10-25(11-9-24)19(27)23-12-13-4-2-1-3-5-13/h1-7H,8-12H2,(H,23,27). The molecule has 1 fully saturated rings. The summed E-state index contributed by atoms with van der Waals surface area (Å²) < 4.78 is 40.1. The third-order valence-electron chi connectivity index (χ3n) is 4.41. The number of benzene rings is 2. The van der Waals surface area contributed by atoms with Gasteiger partial charge in [0.1, 0.15) is 0 Å². The van der Waals surface area contributed by atoms with Crippen LogP contribution in [0.25, 0.3) is 0 Å². The third-order valence-corrected chi connectivity index (χ3v) is 4.41. The van der Waals surface area contributed by atoms with Crippen molar-refractivity contribution in [3.63, 3.8) is 0 Å². The number of halogens is 3. The molecule has 1 heterocycles. The van der Waals surface area contributed by atoms with E-state index in [4.69, 9.17) is 0 Å². The normalized spacial score (nSPS) is 14.2. The average molecular weight is 377 g/mol. The van der Waals surface area contributed by atoms with Crippen molar-refractivity contribution < 1.29 is 22.8 Å². The van der Waals surface area contributed by atoms with Gasteiger partial charge in [0.05, 0.1) is 5.56 Å². The van der Waals surface area contributed by atoms with Crippen LogP contribution in [0.5, 0.6) is 0 Å². The van der Waals surface area contributed by atoms with Gasteiger partial charge in [-0.15, -0.1) is 0 Å². The highest BCUT2D eigenvalue weighted by Gasteiger charge is 2.27. The van der Waals surface area contributed by atoms with Crippen molar-refractivity contribution in [1.29, 1.82) is 0 Å². The predicted octanol–water partition coefficient (Wildman–Crippen LogP) is 2.77. The van der Waals surface area contributed by atoms with Gasteiger partial charge in [-0.25, -0.2) is 18.0 Å². The van der Waals surface area contributed by atoms with Gasteiger partial charge < -0.3 is 15.1 Å². The van der Waals surface area contributed by atoms with Crippen LogP contribution in [0.15, 0.2) is 42.5 Å². The SMILES string of the molecule is O=C(NCc1ccccc1)N1CCN(C(=O)c2ccc(F)c(F)c2F)CC1. The van der Waals surface area contributed by atoms with Crippen molar-refractivity contribution in [2.75, 3.05) is 26.2 Å². The zero-order chi connectivity index (χ0) is 19.4. The zero-order valence-electron chi connectivity index (χ0n) is 14.4. The predicted molar refractivity (Wildman–Crippen MR) is 92.5 cm³/mol. The topological polar surface area (TPSA) is 52.7 Å². The van der Waals surface area contributed by atoms with Crippen LogP contribution in [0.3, 0.4) is 0 Å². The number of hydrogen-bond donors (Lipinski definition) is 1. The molecule has 142 valence electrons. The molecule has 0 radical (unpaired) electrons. The van der Waals surface area contributed by atoms with Crippen molar-refractivity contribution in [2.45, 2.75) is 6.54 Å². The summed E-state index contributed by atoms with van der Waals surface area (Å²) >= 11 is 0. The highest BCUT2D eigenvalue weighted by molar-refractivity contribution is 5.94. The van der Waals surface area contributed by atoms with Crippen molar-refractivity contribution in [3.8, 4) is 0 Å². The molecule has 1 saturated heterocycles. The highest BCUT2D eigenvalue weighted by atomic mass is 19.2. The molecular formula is C19H18F3N3O2. The Morgan fingerprint density at radius 3 is 2.15 bits per heavy atom. The third kappa shape index (κ3) is 4.21. The van der Waals surface area contributed by atoms with Gasteiger partial charge in [0.25, 0.3) is 5.91 Å². The lowest BCUT2D eigenvalue weighted by atomic mass is 10.1. The molecule has 2 aromatic rings. The van der Waals surface area contributed by atoms with Crippen LogP contribution in [0.2, 0.25) is 0 Å². The molecule has 0 aromatic heterocycles. The number of hydrogen-bond acceptors (Lipinski definition) is 2. The smallest absolute Gasteiger partial charge is 0.317 e. The summed E-state index contributed by atoms with van der Waals surface area (Å²) in [5, 5.41) is 2.80. The Hall–Kier alpha value is -3.03. The molecule has 1 aliphatic rings. The molecule has 0 atom stereocenters. The second-order valence-corrected chi connectivity index (χ2v) is 6.15. The van der Waals surface area contributed by atoms with Gasteiger partial charge in [-0.1, -0.05) is 30.3 Å². The first kappa shape index (κ1) is 18.8. The minimum atomic E-state index is -1.67. The molecule has 3 amide bonds. The Labute approximate surface area is 154 Å². The highest BCUT2D eigenvalue weighted by Crippen LogP contribution is 2.18. The molecule has 0 saturated carbocycles. The second kappa shape index (κ2) is 8.11. The van der Waals surface area contributed by atoms with Crippen LogP contribution in [-0.2, 0) is 6.54 Å². The van der Waals surface area contributed by atoms with Gasteiger partial charge in [0.2, 0.25) is 0 Å². The van der Waals surface area contributed by atoms with E-state index in [1.165, 1.54) is 4.90 Å². The van der Waals surface area contributed by atoms with Gasteiger partial charge in [-0.2, -0.15) is 0 Å². The van der Waals surface area contributed by atoms with E-state index < -0.39 is 28.9 Å². The van der Waals surface area contributed by atoms with Crippen molar-refractivity contribution in [3.05, 3.63) is 71.0 Å². The fraction of sp³-hybridized carbons (Fsp3) is 0.263. The van der Waals surface area contributed by atoms with E-state index in [1.54, 1.807) is 4.90 Å². The van der Waals surface area contributed by atoms with Crippen LogP contribution in [0.1, 0.15) is 15.9 Å². The van der Waals surface area contributed by atoms with Crippen LogP contribution >= 0.6 is 0 Å². The second-order valence-electron chi connectivity index (χ2n) is 6.15. The maximum atomic E-state index is 13.8. The lowest BCUT2D eigenvalue weighted by Crippen LogP contribution is -2.53. The van der Waals surface area contributed by atoms with E-state index >= 15 is 0 Å². The van der Waals surface area contributed by atoms with Gasteiger partial charge in [-0.3, -0.25) is 4.79 Å². The quantitative estimate of drug-likeness (QED) is 0.837. The summed E-state index contributed by atoms with van der Waals surface area (Å²) in [6.45, 7) is 1.26. The summed E-state index contributed by atoms with van der Waals surface area (Å²) in [5.41, 5.74) is 0.448. The van der Waals surface area contributed by atoms with E-state index in [2.05, 4.69) is 5.32 Å². The first-order valence-corrected chi connectivity index (χ1v) is 8.47. The van der Waals surface area contributed by atoms with Crippen molar-refractivity contribution >= 4 is 11.9 Å². The molecule has 27 heavy (non-hydrogen) atoms. The Balaban J connectivity index is 1.54. The minimum absolute atomic E-state index is 0.177. The summed E-state index contributed by atoms with van der Waals surface area (Å²) in [6, 6.07) is 10.8. The number of amides is 3. The number of carbonyl (C=O) groups excluding carboxylic acids is 2. The van der Waals surface area contributed by atoms with Crippen LogP contribution in [0.4, 0.5) is 18.0 Å². The Kier molecular flexibility index (Phi) is 5.63. The largest absolute Gasteiger partial charge is 0.335 e. The maximum absolute atomic E-state index is 13.8. The number of nitrogens with zero attached hydrogens (tertiary/aromatic N) is 2. The van der Waals surface area contributed by atoms with E-state index in [0.29, 0.717) is 6.54 Å². The van der Waals surface area contributed by atoms with E-state index in [1.807, 2.05) is 30.3 Å². The number of rotatable bonds is 3. The number of carbonyl (C=O) groups is 2. The first-order chi connectivity index (χ1) is 13.0. The number of piperazine rings is 1. The van der Waals surface area contributed by atoms with E-state index in [9.17, 15) is 22.8 Å². The molecule has 0 bridgehead atoms. The molecule has 3 rings (SSSR count). The summed E-state index contributed by atoms with van der Waals surface area (Å²) in [4.78, 5) is 27.4. The van der Waals surface area contributed by atoms with Crippen LogP contribution in [-0.4, -0.2) is 47.9 Å². The van der Waals surface area contributed by atoms with E-state index in [-0.39, 0.29) is 32.2 Å². The summed E-state index contributed by atoms with van der Waals surface area (Å²) in [7, 11) is 0. The minimum Gasteiger partial charge on any atom is -0.335 e. The summed E-state index contributed by atoms with van der Waals surface area (Å²) in [5.74, 6) is -5.23. The molecule has 5 nitrogen and oxygen atoms in total. The fourth-order valence-electron chi connectivity index (χ4n) is 2.86. The molecule has 0 aliphatic carbocycles. The molecule has 1 N–H and O–H groups in total. The van der Waals surface area contributed by atoms with Gasteiger partial charge in [0.15, 0.2) is 17.5 Å². The fourth-order valence-corrected chi connectivity index (χ4v) is 2.86. The average Bonchev–Trinajstić information content (AvgIpc) is 2.71. The Bertz CT molecular complexity index is 838. The van der Waals surface area contributed by atoms with Crippen LogP contribution < -0.4 is 5.32 Å². The number of nitrogens with one attached hydrogen (secondary N) is 1. The lowest BCUT2D eigenvalue weighted by molar-refractivity contribution is 0.0659. The lowest BCUT2D eigenvalue weighted by Gasteiger charge is -2.34. The van der Waals surface area contributed by atoms with Crippen molar-refractivity contribution in [1.82, 2.24) is 15.1 Å². The molecule has 2 aromatic carbocycles. The van der Waals surface area contributed by atoms with Crippen molar-refractivity contribution in [2.24, 2.45) is 0 Å². The van der Waals surface area contributed by atoms with Crippen LogP contribution in [0, 0.1) is 17.5 Å². The molecular weight excluding hydrogens is 359 g/mol. The Morgan fingerprint density at radius 1 is 0.852 bits per heavy atom. The monoisotopic (exact) mass is 377 g/mol. The Morgan fingerprint density at radius 2 is 1.48 bits per heavy atom. The number of urea groups is 1. The van der Waals surface area contributed by atoms with Gasteiger partial charge >= 0.3 is 6.03 Å². The van der Waals surface area contributed by atoms with Gasteiger partial charge in [-0.05, 0) is 17.7 Å².